The van der Waals surface area contributed by atoms with Crippen LogP contribution in [-0.4, -0.2) is 17.1 Å². The Labute approximate surface area is 62.4 Å². The molecule has 1 aliphatic heterocycles. The van der Waals surface area contributed by atoms with E-state index < -0.39 is 0 Å². The minimum Gasteiger partial charge on any atom is -0.268 e. The summed E-state index contributed by atoms with van der Waals surface area (Å²) in [5.41, 5.74) is 0. The fraction of sp³-hybridized carbons (Fsp3) is 1.00. The van der Waals surface area contributed by atoms with Gasteiger partial charge in [-0.25, -0.2) is 5.01 Å². The zero-order valence-corrected chi connectivity index (χ0v) is 6.75. The van der Waals surface area contributed by atoms with Gasteiger partial charge < -0.3 is 0 Å². The summed E-state index contributed by atoms with van der Waals surface area (Å²) in [6.45, 7) is 4.53. The van der Waals surface area contributed by atoms with Crippen molar-refractivity contribution in [3.8, 4) is 0 Å². The first-order chi connectivity index (χ1) is 4.72. The fourth-order valence-corrected chi connectivity index (χ4v) is 2.46. The molecule has 1 saturated carbocycles. The van der Waals surface area contributed by atoms with Crippen molar-refractivity contribution >= 4 is 0 Å². The summed E-state index contributed by atoms with van der Waals surface area (Å²) >= 11 is 0. The van der Waals surface area contributed by atoms with Crippen molar-refractivity contribution in [3.63, 3.8) is 0 Å². The summed E-state index contributed by atoms with van der Waals surface area (Å²) < 4.78 is 0. The zero-order chi connectivity index (χ0) is 7.30. The largest absolute Gasteiger partial charge is 0.268 e. The Morgan fingerprint density at radius 2 is 2.10 bits per heavy atom. The van der Waals surface area contributed by atoms with Gasteiger partial charge in [0.25, 0.3) is 0 Å². The first-order valence-corrected chi connectivity index (χ1v) is 4.25. The minimum atomic E-state index is 0.693. The first-order valence-electron chi connectivity index (χ1n) is 4.25. The van der Waals surface area contributed by atoms with Crippen LogP contribution in [-0.2, 0) is 0 Å². The number of hydrogen-bond acceptors (Lipinski definition) is 2. The standard InChI is InChI=1S/C8H16N2/c1-5(2)8-6-3-4-7(6)10(8)9/h5-8H,3-4,9H2,1-2H3. The smallest absolute Gasteiger partial charge is 0.0311 e. The number of rotatable bonds is 1. The molecule has 0 amide bonds. The van der Waals surface area contributed by atoms with Crippen LogP contribution in [0.2, 0.25) is 0 Å². The number of hydrogen-bond donors (Lipinski definition) is 1. The van der Waals surface area contributed by atoms with Gasteiger partial charge in [0.1, 0.15) is 0 Å². The van der Waals surface area contributed by atoms with Gasteiger partial charge in [-0.2, -0.15) is 0 Å². The Balaban J connectivity index is 1.99. The molecule has 2 fully saturated rings. The molecule has 2 rings (SSSR count). The van der Waals surface area contributed by atoms with Gasteiger partial charge in [-0.3, -0.25) is 5.84 Å². The first kappa shape index (κ1) is 6.62. The molecule has 0 radical (unpaired) electrons. The molecule has 1 aliphatic carbocycles. The summed E-state index contributed by atoms with van der Waals surface area (Å²) in [4.78, 5) is 0. The van der Waals surface area contributed by atoms with Gasteiger partial charge in [-0.1, -0.05) is 13.8 Å². The Morgan fingerprint density at radius 3 is 2.30 bits per heavy atom. The van der Waals surface area contributed by atoms with Crippen LogP contribution in [0.3, 0.4) is 0 Å². The lowest BCUT2D eigenvalue weighted by Crippen LogP contribution is -2.73. The summed E-state index contributed by atoms with van der Waals surface area (Å²) in [6.07, 6.45) is 2.76. The molecule has 58 valence electrons. The van der Waals surface area contributed by atoms with E-state index in [1.165, 1.54) is 12.8 Å². The third-order valence-electron chi connectivity index (χ3n) is 3.14. The highest BCUT2D eigenvalue weighted by atomic mass is 15.5. The van der Waals surface area contributed by atoms with Gasteiger partial charge in [0.15, 0.2) is 0 Å². The third-order valence-corrected chi connectivity index (χ3v) is 3.14. The molecule has 0 aromatic rings. The molecule has 2 heteroatoms. The molecule has 3 unspecified atom stereocenters. The van der Waals surface area contributed by atoms with E-state index in [2.05, 4.69) is 18.9 Å². The Morgan fingerprint density at radius 1 is 1.40 bits per heavy atom. The molecule has 0 bridgehead atoms. The van der Waals surface area contributed by atoms with E-state index in [9.17, 15) is 0 Å². The van der Waals surface area contributed by atoms with Crippen molar-refractivity contribution in [2.24, 2.45) is 17.7 Å². The van der Waals surface area contributed by atoms with Crippen LogP contribution in [0, 0.1) is 11.8 Å². The molecule has 0 aromatic heterocycles. The number of hydrazine groups is 1. The number of nitrogens with zero attached hydrogens (tertiary/aromatic N) is 1. The topological polar surface area (TPSA) is 29.3 Å². The lowest BCUT2D eigenvalue weighted by atomic mass is 9.63. The molecule has 3 atom stereocenters. The summed E-state index contributed by atoms with van der Waals surface area (Å²) in [6, 6.07) is 1.45. The molecule has 2 aliphatic rings. The van der Waals surface area contributed by atoms with Crippen molar-refractivity contribution in [2.75, 3.05) is 0 Å². The van der Waals surface area contributed by atoms with E-state index in [4.69, 9.17) is 5.84 Å². The lowest BCUT2D eigenvalue weighted by molar-refractivity contribution is -0.141. The third kappa shape index (κ3) is 0.611. The van der Waals surface area contributed by atoms with Gasteiger partial charge in [-0.05, 0) is 24.7 Å². The normalized spacial score (nSPS) is 46.2. The summed E-state index contributed by atoms with van der Waals surface area (Å²) in [7, 11) is 0. The Kier molecular flexibility index (Phi) is 1.29. The maximum Gasteiger partial charge on any atom is 0.0311 e. The predicted octanol–water partition coefficient (Wildman–Crippen LogP) is 0.979. The van der Waals surface area contributed by atoms with Gasteiger partial charge in [0, 0.05) is 12.1 Å². The van der Waals surface area contributed by atoms with E-state index in [-0.39, 0.29) is 0 Å². The van der Waals surface area contributed by atoms with E-state index >= 15 is 0 Å². The van der Waals surface area contributed by atoms with Crippen LogP contribution in [0.5, 0.6) is 0 Å². The van der Waals surface area contributed by atoms with Crippen molar-refractivity contribution in [1.82, 2.24) is 5.01 Å². The molecule has 0 aromatic carbocycles. The molecule has 0 spiro atoms. The molecule has 1 saturated heterocycles. The van der Waals surface area contributed by atoms with Crippen molar-refractivity contribution in [1.29, 1.82) is 0 Å². The van der Waals surface area contributed by atoms with Crippen molar-refractivity contribution in [3.05, 3.63) is 0 Å². The average molecular weight is 140 g/mol. The molecule has 2 N–H and O–H groups in total. The highest BCUT2D eigenvalue weighted by molar-refractivity contribution is 5.05. The maximum absolute atomic E-state index is 5.84. The Hall–Kier alpha value is -0.0800. The van der Waals surface area contributed by atoms with Crippen LogP contribution in [0.25, 0.3) is 0 Å². The highest BCUT2D eigenvalue weighted by Gasteiger charge is 2.53. The van der Waals surface area contributed by atoms with Crippen molar-refractivity contribution in [2.45, 2.75) is 38.8 Å². The number of piperidine rings is 1. The van der Waals surface area contributed by atoms with E-state index in [0.29, 0.717) is 6.04 Å². The molecule has 1 heterocycles. The maximum atomic E-state index is 5.84. The molecular weight excluding hydrogens is 124 g/mol. The monoisotopic (exact) mass is 140 g/mol. The second-order valence-electron chi connectivity index (χ2n) is 3.99. The molecule has 10 heavy (non-hydrogen) atoms. The van der Waals surface area contributed by atoms with Gasteiger partial charge in [-0.15, -0.1) is 0 Å². The van der Waals surface area contributed by atoms with E-state index in [1.54, 1.807) is 0 Å². The van der Waals surface area contributed by atoms with E-state index in [0.717, 1.165) is 17.9 Å². The predicted molar refractivity (Wildman–Crippen MR) is 41.2 cm³/mol. The summed E-state index contributed by atoms with van der Waals surface area (Å²) in [5.74, 6) is 7.53. The van der Waals surface area contributed by atoms with Crippen LogP contribution < -0.4 is 5.84 Å². The van der Waals surface area contributed by atoms with Crippen LogP contribution >= 0.6 is 0 Å². The zero-order valence-electron chi connectivity index (χ0n) is 6.75. The van der Waals surface area contributed by atoms with Gasteiger partial charge >= 0.3 is 0 Å². The summed E-state index contributed by atoms with van der Waals surface area (Å²) in [5, 5.41) is 2.07. The Bertz CT molecular complexity index is 138. The fourth-order valence-electron chi connectivity index (χ4n) is 2.46. The van der Waals surface area contributed by atoms with Crippen LogP contribution in [0.15, 0.2) is 0 Å². The second-order valence-corrected chi connectivity index (χ2v) is 3.99. The number of fused-ring (bicyclic) bond motifs is 1. The van der Waals surface area contributed by atoms with Gasteiger partial charge in [0.05, 0.1) is 0 Å². The lowest BCUT2D eigenvalue weighted by Gasteiger charge is -2.61. The number of nitrogens with two attached hydrogens (primary N) is 1. The highest BCUT2D eigenvalue weighted by Crippen LogP contribution is 2.47. The minimum absolute atomic E-state index is 0.693. The van der Waals surface area contributed by atoms with E-state index in [1.807, 2.05) is 0 Å². The molecular formula is C8H16N2. The van der Waals surface area contributed by atoms with Crippen molar-refractivity contribution < 1.29 is 0 Å². The van der Waals surface area contributed by atoms with Crippen LogP contribution in [0.4, 0.5) is 0 Å². The SMILES string of the molecule is CC(C)C1C2CCC2N1N. The molecule has 2 nitrogen and oxygen atoms in total. The van der Waals surface area contributed by atoms with Crippen LogP contribution in [0.1, 0.15) is 26.7 Å². The quantitative estimate of drug-likeness (QED) is 0.550. The average Bonchev–Trinajstić information content (AvgIpc) is 1.79. The van der Waals surface area contributed by atoms with Gasteiger partial charge in [0.2, 0.25) is 0 Å². The second kappa shape index (κ2) is 1.95.